The van der Waals surface area contributed by atoms with E-state index in [-0.39, 0.29) is 16.2 Å². The van der Waals surface area contributed by atoms with Gasteiger partial charge < -0.3 is 4.90 Å². The van der Waals surface area contributed by atoms with Crippen molar-refractivity contribution < 1.29 is 0 Å². The SMILES string of the molecule is CC(C)(C)c1ccc2c(c1)C(C)(C)c1cc(C(C)(C)C)cc(N(c3ccc(-c4ccccc4)cc3)c3ccc(-c4cccc5sc6ccccc6c45)cc3)c1-2. The van der Waals surface area contributed by atoms with E-state index in [1.807, 2.05) is 11.3 Å². The average Bonchev–Trinajstić information content (AvgIpc) is 3.67. The lowest BCUT2D eigenvalue weighted by Crippen LogP contribution is -2.20. The first-order chi connectivity index (χ1) is 26.3. The van der Waals surface area contributed by atoms with Crippen molar-refractivity contribution in [3.63, 3.8) is 0 Å². The van der Waals surface area contributed by atoms with Gasteiger partial charge in [0, 0.05) is 42.5 Å². The Bertz CT molecular complexity index is 2720. The molecule has 2 heteroatoms. The molecule has 0 aliphatic heterocycles. The van der Waals surface area contributed by atoms with Crippen LogP contribution in [0, 0.1) is 0 Å². The Kier molecular flexibility index (Phi) is 8.22. The summed E-state index contributed by atoms with van der Waals surface area (Å²) in [7, 11) is 0. The molecule has 0 unspecified atom stereocenters. The molecule has 1 aromatic heterocycles. The van der Waals surface area contributed by atoms with E-state index >= 15 is 0 Å². The van der Waals surface area contributed by atoms with Crippen LogP contribution >= 0.6 is 11.3 Å². The summed E-state index contributed by atoms with van der Waals surface area (Å²) < 4.78 is 2.66. The molecule has 0 amide bonds. The second kappa shape index (κ2) is 12.8. The highest BCUT2D eigenvalue weighted by Gasteiger charge is 2.40. The van der Waals surface area contributed by atoms with Crippen molar-refractivity contribution in [2.24, 2.45) is 0 Å². The van der Waals surface area contributed by atoms with Gasteiger partial charge in [-0.25, -0.2) is 0 Å². The number of hydrogen-bond acceptors (Lipinski definition) is 2. The highest BCUT2D eigenvalue weighted by Crippen LogP contribution is 2.56. The van der Waals surface area contributed by atoms with Crippen molar-refractivity contribution in [2.75, 3.05) is 4.90 Å². The molecular formula is C53H49NS. The quantitative estimate of drug-likeness (QED) is 0.170. The Labute approximate surface area is 330 Å². The number of rotatable bonds is 5. The second-order valence-corrected chi connectivity index (χ2v) is 19.0. The molecule has 1 heterocycles. The maximum absolute atomic E-state index is 2.51. The van der Waals surface area contributed by atoms with Crippen LogP contribution in [0.5, 0.6) is 0 Å². The molecule has 8 aromatic rings. The summed E-state index contributed by atoms with van der Waals surface area (Å²) in [5, 5.41) is 2.67. The molecule has 0 spiro atoms. The van der Waals surface area contributed by atoms with Crippen LogP contribution in [0.2, 0.25) is 0 Å². The van der Waals surface area contributed by atoms with Crippen molar-refractivity contribution >= 4 is 48.6 Å². The van der Waals surface area contributed by atoms with Crippen LogP contribution in [0.1, 0.15) is 77.6 Å². The normalized spacial score (nSPS) is 13.6. The first-order valence-corrected chi connectivity index (χ1v) is 20.4. The van der Waals surface area contributed by atoms with Gasteiger partial charge in [0.05, 0.1) is 5.69 Å². The van der Waals surface area contributed by atoms with Gasteiger partial charge in [0.2, 0.25) is 0 Å². The van der Waals surface area contributed by atoms with E-state index in [9.17, 15) is 0 Å². The lowest BCUT2D eigenvalue weighted by Gasteiger charge is -2.32. The van der Waals surface area contributed by atoms with Gasteiger partial charge in [0.15, 0.2) is 0 Å². The van der Waals surface area contributed by atoms with Crippen LogP contribution in [0.15, 0.2) is 152 Å². The van der Waals surface area contributed by atoms with Gasteiger partial charge in [0.1, 0.15) is 0 Å². The molecule has 1 aliphatic rings. The van der Waals surface area contributed by atoms with Crippen molar-refractivity contribution in [1.29, 1.82) is 0 Å². The van der Waals surface area contributed by atoms with Crippen LogP contribution in [-0.4, -0.2) is 0 Å². The zero-order chi connectivity index (χ0) is 38.3. The first kappa shape index (κ1) is 35.3. The maximum atomic E-state index is 2.51. The minimum Gasteiger partial charge on any atom is -0.310 e. The summed E-state index contributed by atoms with van der Waals surface area (Å²) in [4.78, 5) is 2.51. The van der Waals surface area contributed by atoms with Gasteiger partial charge in [0.25, 0.3) is 0 Å². The van der Waals surface area contributed by atoms with E-state index in [1.165, 1.54) is 81.5 Å². The van der Waals surface area contributed by atoms with E-state index in [0.717, 1.165) is 11.4 Å². The van der Waals surface area contributed by atoms with Crippen molar-refractivity contribution in [1.82, 2.24) is 0 Å². The van der Waals surface area contributed by atoms with Crippen molar-refractivity contribution in [3.8, 4) is 33.4 Å². The highest BCUT2D eigenvalue weighted by molar-refractivity contribution is 7.25. The molecule has 1 aliphatic carbocycles. The summed E-state index contributed by atoms with van der Waals surface area (Å²) >= 11 is 1.88. The van der Waals surface area contributed by atoms with Crippen molar-refractivity contribution in [2.45, 2.75) is 71.6 Å². The second-order valence-electron chi connectivity index (χ2n) is 17.9. The number of thiophene rings is 1. The molecular weight excluding hydrogens is 683 g/mol. The molecule has 0 fully saturated rings. The number of hydrogen-bond donors (Lipinski definition) is 0. The lowest BCUT2D eigenvalue weighted by atomic mass is 9.77. The van der Waals surface area contributed by atoms with Crippen LogP contribution in [0.4, 0.5) is 17.1 Å². The third-order valence-corrected chi connectivity index (χ3v) is 12.9. The van der Waals surface area contributed by atoms with Crippen LogP contribution in [0.3, 0.4) is 0 Å². The minimum absolute atomic E-state index is 0.0418. The Hall–Kier alpha value is -5.44. The lowest BCUT2D eigenvalue weighted by molar-refractivity contribution is 0.580. The highest BCUT2D eigenvalue weighted by atomic mass is 32.1. The van der Waals surface area contributed by atoms with Gasteiger partial charge in [-0.1, -0.05) is 165 Å². The maximum Gasteiger partial charge on any atom is 0.0546 e. The largest absolute Gasteiger partial charge is 0.310 e. The topological polar surface area (TPSA) is 3.24 Å². The van der Waals surface area contributed by atoms with Gasteiger partial charge in [-0.3, -0.25) is 0 Å². The minimum atomic E-state index is -0.156. The predicted molar refractivity (Wildman–Crippen MR) is 240 cm³/mol. The zero-order valence-electron chi connectivity index (χ0n) is 33.3. The predicted octanol–water partition coefficient (Wildman–Crippen LogP) is 15.8. The van der Waals surface area contributed by atoms with E-state index in [4.69, 9.17) is 0 Å². The van der Waals surface area contributed by atoms with Crippen LogP contribution in [-0.2, 0) is 16.2 Å². The van der Waals surface area contributed by atoms with Gasteiger partial charge in [-0.15, -0.1) is 11.3 Å². The fourth-order valence-electron chi connectivity index (χ4n) is 8.57. The van der Waals surface area contributed by atoms with Gasteiger partial charge in [-0.05, 0) is 103 Å². The van der Waals surface area contributed by atoms with Crippen molar-refractivity contribution in [3.05, 3.63) is 174 Å². The van der Waals surface area contributed by atoms with E-state index < -0.39 is 0 Å². The molecule has 7 aromatic carbocycles. The van der Waals surface area contributed by atoms with Crippen LogP contribution < -0.4 is 4.90 Å². The third-order valence-electron chi connectivity index (χ3n) is 11.8. The van der Waals surface area contributed by atoms with Crippen LogP contribution in [0.25, 0.3) is 53.6 Å². The number of benzene rings is 7. The molecule has 0 saturated carbocycles. The molecule has 0 bridgehead atoms. The Morgan fingerprint density at radius 3 is 1.73 bits per heavy atom. The third kappa shape index (κ3) is 5.99. The summed E-state index contributed by atoms with van der Waals surface area (Å²) in [5.41, 5.74) is 16.5. The monoisotopic (exact) mass is 731 g/mol. The molecule has 55 heavy (non-hydrogen) atoms. The molecule has 0 atom stereocenters. The molecule has 272 valence electrons. The Balaban J connectivity index is 1.27. The average molecular weight is 732 g/mol. The standard InChI is InChI=1S/C53H49NS/c1-51(2,3)37-25-30-42-44(31-37)53(7,8)45-32-38(52(4,5)6)33-46(50(42)45)54(39-26-21-35(22-27-39)34-15-10-9-11-16-34)40-28-23-36(24-29-40)41-18-14-20-48-49(41)43-17-12-13-19-47(43)55-48/h9-33H,1-8H3. The Morgan fingerprint density at radius 1 is 0.473 bits per heavy atom. The fraction of sp³-hybridized carbons (Fsp3) is 0.208. The summed E-state index contributed by atoms with van der Waals surface area (Å²) in [6, 6.07) is 56.9. The number of nitrogens with zero attached hydrogens (tertiary/aromatic N) is 1. The Morgan fingerprint density at radius 2 is 1.05 bits per heavy atom. The molecule has 9 rings (SSSR count). The molecule has 0 radical (unpaired) electrons. The molecule has 0 saturated heterocycles. The molecule has 1 nitrogen and oxygen atoms in total. The van der Waals surface area contributed by atoms with E-state index in [0.29, 0.717) is 0 Å². The zero-order valence-corrected chi connectivity index (χ0v) is 34.1. The van der Waals surface area contributed by atoms with E-state index in [2.05, 4.69) is 212 Å². The smallest absolute Gasteiger partial charge is 0.0546 e. The summed E-state index contributed by atoms with van der Waals surface area (Å²) in [5.74, 6) is 0. The summed E-state index contributed by atoms with van der Waals surface area (Å²) in [6.45, 7) is 18.8. The molecule has 0 N–H and O–H groups in total. The van der Waals surface area contributed by atoms with Gasteiger partial charge in [-0.2, -0.15) is 0 Å². The number of fused-ring (bicyclic) bond motifs is 6. The fourth-order valence-corrected chi connectivity index (χ4v) is 9.70. The van der Waals surface area contributed by atoms with Gasteiger partial charge >= 0.3 is 0 Å². The van der Waals surface area contributed by atoms with E-state index in [1.54, 1.807) is 0 Å². The summed E-state index contributed by atoms with van der Waals surface area (Å²) in [6.07, 6.45) is 0. The number of anilines is 3. The first-order valence-electron chi connectivity index (χ1n) is 19.6.